The third-order valence-electron chi connectivity index (χ3n) is 3.22. The molecular weight excluding hydrogens is 244 g/mol. The average Bonchev–Trinajstić information content (AvgIpc) is 2.90. The van der Waals surface area contributed by atoms with Gasteiger partial charge >= 0.3 is 5.97 Å². The molecule has 0 aliphatic heterocycles. The standard InChI is InChI=1S/C15H12O4/c16-11-6-7-12-10(9-11)3-1-4-13(12)15(17)19-14-5-2-8-18-14/h1-5,8H,6-7,9H2. The van der Waals surface area contributed by atoms with Gasteiger partial charge in [0, 0.05) is 18.9 Å². The van der Waals surface area contributed by atoms with Crippen LogP contribution in [-0.4, -0.2) is 11.8 Å². The summed E-state index contributed by atoms with van der Waals surface area (Å²) in [7, 11) is 0. The van der Waals surface area contributed by atoms with Gasteiger partial charge in [0.1, 0.15) is 5.78 Å². The van der Waals surface area contributed by atoms with Gasteiger partial charge in [0.25, 0.3) is 5.95 Å². The Hall–Kier alpha value is -2.36. The lowest BCUT2D eigenvalue weighted by Crippen LogP contribution is -2.19. The van der Waals surface area contributed by atoms with E-state index in [9.17, 15) is 9.59 Å². The number of hydrogen-bond donors (Lipinski definition) is 0. The number of ether oxygens (including phenoxy) is 1. The molecule has 4 nitrogen and oxygen atoms in total. The number of carbonyl (C=O) groups is 2. The Bertz CT molecular complexity index is 626. The Labute approximate surface area is 110 Å². The molecule has 0 radical (unpaired) electrons. The normalized spacial score (nSPS) is 14.0. The Morgan fingerprint density at radius 2 is 2.05 bits per heavy atom. The molecule has 0 unspecified atom stereocenters. The molecule has 1 aromatic carbocycles. The summed E-state index contributed by atoms with van der Waals surface area (Å²) in [6.45, 7) is 0. The van der Waals surface area contributed by atoms with E-state index in [0.717, 1.165) is 11.1 Å². The van der Waals surface area contributed by atoms with E-state index in [1.807, 2.05) is 6.07 Å². The number of Topliss-reactive ketones (excluding diaryl/α,β-unsaturated/α-hetero) is 1. The highest BCUT2D eigenvalue weighted by atomic mass is 16.6. The van der Waals surface area contributed by atoms with E-state index < -0.39 is 5.97 Å². The SMILES string of the molecule is O=C1CCc2c(cccc2C(=O)Oc2ccco2)C1. The molecule has 96 valence electrons. The largest absolute Gasteiger partial charge is 0.434 e. The van der Waals surface area contributed by atoms with Crippen molar-refractivity contribution in [2.24, 2.45) is 0 Å². The zero-order valence-corrected chi connectivity index (χ0v) is 10.2. The zero-order valence-electron chi connectivity index (χ0n) is 10.2. The summed E-state index contributed by atoms with van der Waals surface area (Å²) in [6.07, 6.45) is 2.93. The maximum Gasteiger partial charge on any atom is 0.346 e. The van der Waals surface area contributed by atoms with Gasteiger partial charge in [-0.25, -0.2) is 4.79 Å². The predicted molar refractivity (Wildman–Crippen MR) is 67.1 cm³/mol. The van der Waals surface area contributed by atoms with E-state index in [1.165, 1.54) is 6.26 Å². The number of esters is 1. The first kappa shape index (κ1) is 11.7. The van der Waals surface area contributed by atoms with Crippen LogP contribution in [0.25, 0.3) is 0 Å². The fourth-order valence-electron chi connectivity index (χ4n) is 2.32. The Balaban J connectivity index is 1.91. The van der Waals surface area contributed by atoms with Gasteiger partial charge in [-0.15, -0.1) is 0 Å². The minimum Gasteiger partial charge on any atom is -0.434 e. The van der Waals surface area contributed by atoms with E-state index in [1.54, 1.807) is 24.3 Å². The molecule has 0 saturated carbocycles. The monoisotopic (exact) mass is 256 g/mol. The van der Waals surface area contributed by atoms with Crippen LogP contribution in [0, 0.1) is 0 Å². The summed E-state index contributed by atoms with van der Waals surface area (Å²) in [6, 6.07) is 8.62. The minimum absolute atomic E-state index is 0.175. The van der Waals surface area contributed by atoms with Gasteiger partial charge < -0.3 is 9.15 Å². The van der Waals surface area contributed by atoms with Crippen LogP contribution in [0.5, 0.6) is 5.95 Å². The second-order valence-corrected chi connectivity index (χ2v) is 4.48. The zero-order chi connectivity index (χ0) is 13.2. The molecule has 0 atom stereocenters. The molecule has 1 heterocycles. The highest BCUT2D eigenvalue weighted by Gasteiger charge is 2.22. The highest BCUT2D eigenvalue weighted by Crippen LogP contribution is 2.24. The van der Waals surface area contributed by atoms with Crippen LogP contribution in [0.2, 0.25) is 0 Å². The Morgan fingerprint density at radius 3 is 2.84 bits per heavy atom. The third-order valence-corrected chi connectivity index (χ3v) is 3.22. The van der Waals surface area contributed by atoms with Crippen LogP contribution in [-0.2, 0) is 17.6 Å². The average molecular weight is 256 g/mol. The molecule has 4 heteroatoms. The molecule has 1 aliphatic rings. The molecule has 2 aromatic rings. The second-order valence-electron chi connectivity index (χ2n) is 4.48. The van der Waals surface area contributed by atoms with Crippen molar-refractivity contribution in [2.75, 3.05) is 0 Å². The number of hydrogen-bond acceptors (Lipinski definition) is 4. The van der Waals surface area contributed by atoms with E-state index >= 15 is 0 Å². The van der Waals surface area contributed by atoms with Gasteiger partial charge in [-0.2, -0.15) is 0 Å². The molecule has 3 rings (SSSR count). The van der Waals surface area contributed by atoms with E-state index in [4.69, 9.17) is 9.15 Å². The molecule has 0 bridgehead atoms. The van der Waals surface area contributed by atoms with Crippen LogP contribution in [0.15, 0.2) is 41.0 Å². The van der Waals surface area contributed by atoms with Crippen molar-refractivity contribution in [3.05, 3.63) is 53.3 Å². The maximum atomic E-state index is 12.1. The van der Waals surface area contributed by atoms with Crippen LogP contribution in [0.1, 0.15) is 27.9 Å². The molecule has 0 saturated heterocycles. The van der Waals surface area contributed by atoms with Crippen molar-refractivity contribution in [3.8, 4) is 5.95 Å². The number of rotatable bonds is 2. The van der Waals surface area contributed by atoms with Crippen LogP contribution < -0.4 is 4.74 Å². The van der Waals surface area contributed by atoms with Gasteiger partial charge in [0.15, 0.2) is 0 Å². The minimum atomic E-state index is -0.443. The molecule has 1 aliphatic carbocycles. The lowest BCUT2D eigenvalue weighted by atomic mass is 9.87. The lowest BCUT2D eigenvalue weighted by Gasteiger charge is -2.17. The molecule has 0 amide bonds. The maximum absolute atomic E-state index is 12.1. The fourth-order valence-corrected chi connectivity index (χ4v) is 2.32. The highest BCUT2D eigenvalue weighted by molar-refractivity contribution is 5.94. The molecule has 0 spiro atoms. The second kappa shape index (κ2) is 4.72. The molecular formula is C15H12O4. The summed E-state index contributed by atoms with van der Waals surface area (Å²) in [5, 5.41) is 0. The van der Waals surface area contributed by atoms with Crippen molar-refractivity contribution in [3.63, 3.8) is 0 Å². The first-order chi connectivity index (χ1) is 9.24. The van der Waals surface area contributed by atoms with Crippen molar-refractivity contribution in [2.45, 2.75) is 19.3 Å². The van der Waals surface area contributed by atoms with Crippen LogP contribution in [0.3, 0.4) is 0 Å². The van der Waals surface area contributed by atoms with Gasteiger partial charge in [0.05, 0.1) is 11.8 Å². The number of carbonyl (C=O) groups excluding carboxylic acids is 2. The summed E-state index contributed by atoms with van der Waals surface area (Å²) >= 11 is 0. The number of ketones is 1. The summed E-state index contributed by atoms with van der Waals surface area (Å²) in [5.74, 6) is -0.0558. The van der Waals surface area contributed by atoms with Gasteiger partial charge in [-0.1, -0.05) is 12.1 Å². The van der Waals surface area contributed by atoms with Crippen molar-refractivity contribution in [1.29, 1.82) is 0 Å². The van der Waals surface area contributed by atoms with Crippen molar-refractivity contribution < 1.29 is 18.7 Å². The number of fused-ring (bicyclic) bond motifs is 1. The van der Waals surface area contributed by atoms with Crippen LogP contribution in [0.4, 0.5) is 0 Å². The van der Waals surface area contributed by atoms with E-state index in [0.29, 0.717) is 24.8 Å². The number of benzene rings is 1. The molecule has 0 fully saturated rings. The van der Waals surface area contributed by atoms with Crippen molar-refractivity contribution in [1.82, 2.24) is 0 Å². The van der Waals surface area contributed by atoms with Crippen LogP contribution >= 0.6 is 0 Å². The summed E-state index contributed by atoms with van der Waals surface area (Å²) < 4.78 is 10.1. The fraction of sp³-hybridized carbons (Fsp3) is 0.200. The first-order valence-electron chi connectivity index (χ1n) is 6.12. The van der Waals surface area contributed by atoms with Gasteiger partial charge in [-0.3, -0.25) is 4.79 Å². The van der Waals surface area contributed by atoms with Crippen molar-refractivity contribution >= 4 is 11.8 Å². The molecule has 19 heavy (non-hydrogen) atoms. The molecule has 1 aromatic heterocycles. The summed E-state index contributed by atoms with van der Waals surface area (Å²) in [4.78, 5) is 23.5. The number of furan rings is 1. The lowest BCUT2D eigenvalue weighted by molar-refractivity contribution is -0.118. The first-order valence-corrected chi connectivity index (χ1v) is 6.12. The molecule has 0 N–H and O–H groups in total. The quantitative estimate of drug-likeness (QED) is 0.775. The van der Waals surface area contributed by atoms with E-state index in [2.05, 4.69) is 0 Å². The Morgan fingerprint density at radius 1 is 1.16 bits per heavy atom. The topological polar surface area (TPSA) is 56.5 Å². The third kappa shape index (κ3) is 2.29. The van der Waals surface area contributed by atoms with Gasteiger partial charge in [-0.05, 0) is 29.7 Å². The summed E-state index contributed by atoms with van der Waals surface area (Å²) in [5.41, 5.74) is 2.35. The smallest absolute Gasteiger partial charge is 0.346 e. The van der Waals surface area contributed by atoms with Gasteiger partial charge in [0.2, 0.25) is 0 Å². The predicted octanol–water partition coefficient (Wildman–Crippen LogP) is 2.56. The Kier molecular flexibility index (Phi) is 2.91. The van der Waals surface area contributed by atoms with E-state index in [-0.39, 0.29) is 11.7 Å².